The molecule has 0 bridgehead atoms. The molecule has 7 nitrogen and oxygen atoms in total. The number of aromatic amines is 1. The summed E-state index contributed by atoms with van der Waals surface area (Å²) < 4.78 is 32.3. The first-order valence-corrected chi connectivity index (χ1v) is 9.20. The number of aromatic nitrogens is 2. The van der Waals surface area contributed by atoms with E-state index in [1.54, 1.807) is 18.2 Å². The number of benzene rings is 1. The topological polar surface area (TPSA) is 92.4 Å². The molecule has 1 aromatic carbocycles. The Kier molecular flexibility index (Phi) is 3.47. The Labute approximate surface area is 139 Å². The van der Waals surface area contributed by atoms with Crippen molar-refractivity contribution < 1.29 is 13.2 Å². The van der Waals surface area contributed by atoms with E-state index >= 15 is 0 Å². The molecule has 2 heterocycles. The van der Waals surface area contributed by atoms with Crippen LogP contribution < -0.4 is 10.3 Å². The predicted octanol–water partition coefficient (Wildman–Crippen LogP) is 1.36. The van der Waals surface area contributed by atoms with Crippen molar-refractivity contribution in [1.29, 1.82) is 0 Å². The van der Waals surface area contributed by atoms with Gasteiger partial charge in [-0.2, -0.15) is 4.31 Å². The Hall–Kier alpha value is -2.19. The molecule has 1 fully saturated rings. The highest BCUT2D eigenvalue weighted by Gasteiger charge is 2.36. The van der Waals surface area contributed by atoms with Gasteiger partial charge in [-0.25, -0.2) is 13.4 Å². The van der Waals surface area contributed by atoms with E-state index in [-0.39, 0.29) is 29.3 Å². The minimum absolute atomic E-state index is 0.0307. The molecule has 0 atom stereocenters. The first kappa shape index (κ1) is 15.3. The van der Waals surface area contributed by atoms with Gasteiger partial charge in [0.15, 0.2) is 0 Å². The third-order valence-corrected chi connectivity index (χ3v) is 6.26. The van der Waals surface area contributed by atoms with Gasteiger partial charge in [-0.3, -0.25) is 4.79 Å². The average Bonchev–Trinajstić information content (AvgIpc) is 3.33. The highest BCUT2D eigenvalue weighted by atomic mass is 32.2. The van der Waals surface area contributed by atoms with Crippen LogP contribution in [0.5, 0.6) is 5.75 Å². The van der Waals surface area contributed by atoms with E-state index in [1.807, 2.05) is 0 Å². The lowest BCUT2D eigenvalue weighted by Crippen LogP contribution is -2.26. The molecule has 2 aromatic rings. The second kappa shape index (κ2) is 5.42. The Morgan fingerprint density at radius 3 is 2.71 bits per heavy atom. The zero-order valence-corrected chi connectivity index (χ0v) is 14.0. The third-order valence-electron chi connectivity index (χ3n) is 4.43. The van der Waals surface area contributed by atoms with Gasteiger partial charge < -0.3 is 9.72 Å². The van der Waals surface area contributed by atoms with Crippen LogP contribution in [0.25, 0.3) is 0 Å². The van der Waals surface area contributed by atoms with Crippen LogP contribution in [-0.2, 0) is 23.1 Å². The smallest absolute Gasteiger partial charge is 0.255 e. The van der Waals surface area contributed by atoms with Crippen LogP contribution >= 0.6 is 0 Å². The Bertz CT molecular complexity index is 964. The number of fused-ring (bicyclic) bond motifs is 1. The fourth-order valence-corrected chi connectivity index (χ4v) is 4.47. The fraction of sp³-hybridized carbons (Fsp3) is 0.375. The normalized spacial score (nSPS) is 17.7. The molecule has 1 saturated carbocycles. The predicted molar refractivity (Wildman–Crippen MR) is 86.3 cm³/mol. The van der Waals surface area contributed by atoms with Crippen molar-refractivity contribution in [3.8, 4) is 5.75 Å². The summed E-state index contributed by atoms with van der Waals surface area (Å²) in [5.41, 5.74) is 0.747. The van der Waals surface area contributed by atoms with Gasteiger partial charge in [0, 0.05) is 12.5 Å². The number of hydrogen-bond acceptors (Lipinski definition) is 5. The average molecular weight is 347 g/mol. The first-order valence-electron chi connectivity index (χ1n) is 7.76. The van der Waals surface area contributed by atoms with E-state index in [0.29, 0.717) is 23.0 Å². The molecule has 8 heteroatoms. The third kappa shape index (κ3) is 2.42. The number of methoxy groups -OCH3 is 1. The van der Waals surface area contributed by atoms with Crippen LogP contribution in [0.2, 0.25) is 0 Å². The molecule has 0 amide bonds. The zero-order valence-electron chi connectivity index (χ0n) is 13.2. The minimum Gasteiger partial charge on any atom is -0.495 e. The molecule has 0 unspecified atom stereocenters. The number of para-hydroxylation sites is 1. The molecule has 0 spiro atoms. The van der Waals surface area contributed by atoms with Crippen LogP contribution in [0.15, 0.2) is 34.0 Å². The van der Waals surface area contributed by atoms with Crippen LogP contribution in [-0.4, -0.2) is 29.8 Å². The molecule has 2 aliphatic rings. The molecular formula is C16H17N3O4S. The molecule has 126 valence electrons. The molecule has 0 radical (unpaired) electrons. The van der Waals surface area contributed by atoms with Gasteiger partial charge in [0.2, 0.25) is 10.0 Å². The number of hydrogen-bond donors (Lipinski definition) is 1. The fourth-order valence-electron chi connectivity index (χ4n) is 2.95. The molecule has 1 aromatic heterocycles. The number of rotatable bonds is 4. The molecule has 1 N–H and O–H groups in total. The van der Waals surface area contributed by atoms with Crippen molar-refractivity contribution in [2.75, 3.05) is 7.11 Å². The van der Waals surface area contributed by atoms with Crippen molar-refractivity contribution >= 4 is 10.0 Å². The summed E-state index contributed by atoms with van der Waals surface area (Å²) in [6.07, 6.45) is 2.04. The van der Waals surface area contributed by atoms with Crippen molar-refractivity contribution in [3.05, 3.63) is 51.7 Å². The number of H-pyrrole nitrogens is 1. The Morgan fingerprint density at radius 2 is 2.00 bits per heavy atom. The van der Waals surface area contributed by atoms with Crippen molar-refractivity contribution in [2.24, 2.45) is 0 Å². The highest BCUT2D eigenvalue weighted by molar-refractivity contribution is 7.89. The van der Waals surface area contributed by atoms with Gasteiger partial charge in [-0.1, -0.05) is 12.1 Å². The quantitative estimate of drug-likeness (QED) is 0.901. The monoisotopic (exact) mass is 347 g/mol. The van der Waals surface area contributed by atoms with Crippen molar-refractivity contribution in [3.63, 3.8) is 0 Å². The van der Waals surface area contributed by atoms with E-state index in [1.165, 1.54) is 17.5 Å². The number of nitrogens with one attached hydrogen (secondary N) is 1. The van der Waals surface area contributed by atoms with Crippen molar-refractivity contribution in [2.45, 2.75) is 36.7 Å². The van der Waals surface area contributed by atoms with Crippen LogP contribution in [0.1, 0.15) is 35.8 Å². The zero-order chi connectivity index (χ0) is 16.9. The van der Waals surface area contributed by atoms with Crippen LogP contribution in [0.3, 0.4) is 0 Å². The molecule has 24 heavy (non-hydrogen) atoms. The van der Waals surface area contributed by atoms with E-state index in [9.17, 15) is 13.2 Å². The molecule has 4 rings (SSSR count). The molecule has 1 aliphatic heterocycles. The molecular weight excluding hydrogens is 330 g/mol. The maximum absolute atomic E-state index is 12.9. The van der Waals surface area contributed by atoms with Gasteiger partial charge >= 0.3 is 0 Å². The number of ether oxygens (including phenoxy) is 1. The number of sulfonamides is 1. The van der Waals surface area contributed by atoms with Gasteiger partial charge in [0.25, 0.3) is 5.56 Å². The largest absolute Gasteiger partial charge is 0.495 e. The lowest BCUT2D eigenvalue weighted by atomic mass is 10.2. The van der Waals surface area contributed by atoms with Gasteiger partial charge in [-0.15, -0.1) is 0 Å². The maximum atomic E-state index is 12.9. The summed E-state index contributed by atoms with van der Waals surface area (Å²) in [6, 6.07) is 6.47. The first-order chi connectivity index (χ1) is 11.5. The van der Waals surface area contributed by atoms with E-state index < -0.39 is 10.0 Å². The second-order valence-electron chi connectivity index (χ2n) is 6.07. The van der Waals surface area contributed by atoms with Crippen LogP contribution in [0, 0.1) is 0 Å². The lowest BCUT2D eigenvalue weighted by molar-refractivity contribution is 0.392. The van der Waals surface area contributed by atoms with E-state index in [0.717, 1.165) is 12.8 Å². The van der Waals surface area contributed by atoms with Crippen LogP contribution in [0.4, 0.5) is 0 Å². The SMILES string of the molecule is COc1ccccc1S(=O)(=O)N1Cc2nc(C3CC3)[nH]c(=O)c2C1. The minimum atomic E-state index is -3.77. The second-order valence-corrected chi connectivity index (χ2v) is 7.98. The molecule has 0 saturated heterocycles. The Balaban J connectivity index is 1.71. The van der Waals surface area contributed by atoms with E-state index in [4.69, 9.17) is 4.74 Å². The highest BCUT2D eigenvalue weighted by Crippen LogP contribution is 2.38. The molecule has 1 aliphatic carbocycles. The standard InChI is InChI=1S/C16H17N3O4S/c1-23-13-4-2-3-5-14(13)24(21,22)19-8-11-12(9-19)17-15(10-6-7-10)18-16(11)20/h2-5,10H,6-9H2,1H3,(H,17,18,20). The number of nitrogens with zero attached hydrogens (tertiary/aromatic N) is 2. The van der Waals surface area contributed by atoms with Gasteiger partial charge in [0.1, 0.15) is 16.5 Å². The summed E-state index contributed by atoms with van der Waals surface area (Å²) >= 11 is 0. The van der Waals surface area contributed by atoms with E-state index in [2.05, 4.69) is 9.97 Å². The lowest BCUT2D eigenvalue weighted by Gasteiger charge is -2.17. The summed E-state index contributed by atoms with van der Waals surface area (Å²) in [5.74, 6) is 1.27. The van der Waals surface area contributed by atoms with Gasteiger partial charge in [-0.05, 0) is 25.0 Å². The Morgan fingerprint density at radius 1 is 1.25 bits per heavy atom. The summed E-state index contributed by atoms with van der Waals surface area (Å²) in [7, 11) is -2.34. The maximum Gasteiger partial charge on any atom is 0.255 e. The summed E-state index contributed by atoms with van der Waals surface area (Å²) in [5, 5.41) is 0. The van der Waals surface area contributed by atoms with Crippen molar-refractivity contribution in [1.82, 2.24) is 14.3 Å². The summed E-state index contributed by atoms with van der Waals surface area (Å²) in [4.78, 5) is 19.6. The van der Waals surface area contributed by atoms with Gasteiger partial charge in [0.05, 0.1) is 24.9 Å². The summed E-state index contributed by atoms with van der Waals surface area (Å²) in [6.45, 7) is 0.141.